The van der Waals surface area contributed by atoms with Gasteiger partial charge in [-0.3, -0.25) is 4.90 Å². The lowest BCUT2D eigenvalue weighted by molar-refractivity contribution is -0.151. The Morgan fingerprint density at radius 2 is 2.00 bits per heavy atom. The number of likely N-dealkylation sites (tertiary alicyclic amines) is 1. The Morgan fingerprint density at radius 3 is 2.67 bits per heavy atom. The first kappa shape index (κ1) is 18.3. The van der Waals surface area contributed by atoms with Crippen LogP contribution >= 0.6 is 0 Å². The number of hydrogen-bond donors (Lipinski definition) is 1. The fourth-order valence-electron chi connectivity index (χ4n) is 4.94. The summed E-state index contributed by atoms with van der Waals surface area (Å²) >= 11 is 0. The largest absolute Gasteiger partial charge is 0.496 e. The number of imidazole rings is 1. The van der Waals surface area contributed by atoms with Gasteiger partial charge < -0.3 is 14.4 Å². The van der Waals surface area contributed by atoms with E-state index >= 15 is 0 Å². The summed E-state index contributed by atoms with van der Waals surface area (Å²) in [6.07, 6.45) is 11.4. The number of fused-ring (bicyclic) bond motifs is 2. The molecule has 2 atom stereocenters. The minimum Gasteiger partial charge on any atom is -0.496 e. The minimum atomic E-state index is -0.792. The Bertz CT molecular complexity index is 799. The molecular formula is C22H29N3O2. The molecule has 2 bridgehead atoms. The summed E-state index contributed by atoms with van der Waals surface area (Å²) in [6.45, 7) is 2.72. The molecule has 2 aliphatic rings. The third-order valence-electron chi connectivity index (χ3n) is 6.29. The van der Waals surface area contributed by atoms with Gasteiger partial charge >= 0.3 is 0 Å². The number of para-hydroxylation sites is 1. The van der Waals surface area contributed by atoms with E-state index in [0.29, 0.717) is 0 Å². The van der Waals surface area contributed by atoms with E-state index in [4.69, 9.17) is 4.74 Å². The summed E-state index contributed by atoms with van der Waals surface area (Å²) in [4.78, 5) is 6.98. The van der Waals surface area contributed by atoms with Crippen molar-refractivity contribution in [1.82, 2.24) is 14.5 Å². The van der Waals surface area contributed by atoms with E-state index in [-0.39, 0.29) is 11.8 Å². The fraction of sp³-hybridized carbons (Fsp3) is 0.500. The Morgan fingerprint density at radius 1 is 1.26 bits per heavy atom. The van der Waals surface area contributed by atoms with Crippen LogP contribution < -0.4 is 4.74 Å². The van der Waals surface area contributed by atoms with Crippen LogP contribution in [0.4, 0.5) is 0 Å². The maximum atomic E-state index is 11.6. The van der Waals surface area contributed by atoms with Crippen LogP contribution in [0.3, 0.4) is 0 Å². The van der Waals surface area contributed by atoms with Crippen molar-refractivity contribution >= 4 is 6.08 Å². The van der Waals surface area contributed by atoms with Crippen molar-refractivity contribution in [2.75, 3.05) is 26.7 Å². The van der Waals surface area contributed by atoms with E-state index in [9.17, 15) is 5.11 Å². The van der Waals surface area contributed by atoms with Crippen LogP contribution in [0.2, 0.25) is 0 Å². The van der Waals surface area contributed by atoms with Crippen LogP contribution in [0.5, 0.6) is 5.75 Å². The molecule has 2 aromatic rings. The number of ether oxygens (including phenoxy) is 1. The number of nitrogens with zero attached hydrogens (tertiary/aromatic N) is 3. The highest BCUT2D eigenvalue weighted by molar-refractivity contribution is 5.57. The maximum Gasteiger partial charge on any atom is 0.141 e. The highest BCUT2D eigenvalue weighted by atomic mass is 16.5. The van der Waals surface area contributed by atoms with Crippen LogP contribution in [0.15, 0.2) is 42.7 Å². The molecule has 2 unspecified atom stereocenters. The normalized spacial score (nSPS) is 28.6. The maximum absolute atomic E-state index is 11.6. The van der Waals surface area contributed by atoms with Crippen LogP contribution in [-0.2, 0) is 12.6 Å². The standard InChI is InChI=1S/C22H29N3O2/c1-24-14-12-23-21(24)22(26)18-9-5-10-19(22)16-25(15-18)13-6-8-17-7-3-4-11-20(17)27-2/h3-4,6-8,11-12,14,18-19,26H,5,9-10,13,15-16H2,1-2H3/b8-6+. The smallest absolute Gasteiger partial charge is 0.141 e. The number of aromatic nitrogens is 2. The summed E-state index contributed by atoms with van der Waals surface area (Å²) < 4.78 is 7.41. The van der Waals surface area contributed by atoms with E-state index in [1.807, 2.05) is 36.0 Å². The summed E-state index contributed by atoms with van der Waals surface area (Å²) in [5, 5.41) is 11.6. The van der Waals surface area contributed by atoms with E-state index in [1.165, 1.54) is 6.42 Å². The summed E-state index contributed by atoms with van der Waals surface area (Å²) in [5.74, 6) is 2.21. The number of aliphatic hydroxyl groups is 1. The zero-order valence-electron chi connectivity index (χ0n) is 16.2. The molecule has 5 heteroatoms. The molecule has 27 heavy (non-hydrogen) atoms. The Kier molecular flexibility index (Phi) is 5.06. The van der Waals surface area contributed by atoms with Crippen molar-refractivity contribution in [3.05, 3.63) is 54.1 Å². The number of rotatable bonds is 5. The summed E-state index contributed by atoms with van der Waals surface area (Å²) in [7, 11) is 3.69. The summed E-state index contributed by atoms with van der Waals surface area (Å²) in [5.41, 5.74) is 0.307. The molecule has 4 rings (SSSR count). The van der Waals surface area contributed by atoms with E-state index in [1.54, 1.807) is 13.3 Å². The topological polar surface area (TPSA) is 50.5 Å². The second-order valence-electron chi connectivity index (χ2n) is 7.87. The van der Waals surface area contributed by atoms with Gasteiger partial charge in [0.25, 0.3) is 0 Å². The molecule has 1 saturated carbocycles. The molecular weight excluding hydrogens is 338 g/mol. The van der Waals surface area contributed by atoms with Crippen LogP contribution in [0.1, 0.15) is 30.7 Å². The molecule has 144 valence electrons. The molecule has 0 spiro atoms. The number of piperidine rings is 1. The average Bonchev–Trinajstić information content (AvgIpc) is 3.09. The first-order valence-electron chi connectivity index (χ1n) is 9.85. The van der Waals surface area contributed by atoms with Crippen molar-refractivity contribution in [2.24, 2.45) is 18.9 Å². The molecule has 1 aromatic carbocycles. The predicted octanol–water partition coefficient (Wildman–Crippen LogP) is 3.06. The van der Waals surface area contributed by atoms with Crippen molar-refractivity contribution in [3.8, 4) is 5.75 Å². The van der Waals surface area contributed by atoms with Gasteiger partial charge in [-0.1, -0.05) is 36.8 Å². The highest BCUT2D eigenvalue weighted by Gasteiger charge is 2.53. The van der Waals surface area contributed by atoms with Gasteiger partial charge in [0.05, 0.1) is 7.11 Å². The monoisotopic (exact) mass is 367 g/mol. The third kappa shape index (κ3) is 3.30. The molecule has 5 nitrogen and oxygen atoms in total. The zero-order valence-corrected chi connectivity index (χ0v) is 16.2. The number of methoxy groups -OCH3 is 1. The SMILES string of the molecule is COc1ccccc1/C=C/CN1CC2CCCC(C1)C2(O)c1nccn1C. The van der Waals surface area contributed by atoms with Gasteiger partial charge in [-0.2, -0.15) is 0 Å². The molecule has 0 amide bonds. The first-order chi connectivity index (χ1) is 13.1. The number of aryl methyl sites for hydroxylation is 1. The van der Waals surface area contributed by atoms with E-state index in [0.717, 1.165) is 49.6 Å². The summed E-state index contributed by atoms with van der Waals surface area (Å²) in [6, 6.07) is 8.07. The molecule has 1 saturated heterocycles. The van der Waals surface area contributed by atoms with Crippen molar-refractivity contribution in [2.45, 2.75) is 24.9 Å². The third-order valence-corrected chi connectivity index (χ3v) is 6.29. The van der Waals surface area contributed by atoms with Crippen molar-refractivity contribution in [3.63, 3.8) is 0 Å². The number of hydrogen-bond acceptors (Lipinski definition) is 4. The molecule has 2 fully saturated rings. The van der Waals surface area contributed by atoms with Crippen molar-refractivity contribution < 1.29 is 9.84 Å². The van der Waals surface area contributed by atoms with Gasteiger partial charge in [-0.15, -0.1) is 0 Å². The van der Waals surface area contributed by atoms with Gasteiger partial charge in [-0.05, 0) is 18.9 Å². The second-order valence-corrected chi connectivity index (χ2v) is 7.87. The predicted molar refractivity (Wildman–Crippen MR) is 106 cm³/mol. The van der Waals surface area contributed by atoms with Crippen LogP contribution in [-0.4, -0.2) is 46.3 Å². The van der Waals surface area contributed by atoms with Crippen LogP contribution in [0, 0.1) is 11.8 Å². The Labute approximate surface area is 161 Å². The highest BCUT2D eigenvalue weighted by Crippen LogP contribution is 2.48. The lowest BCUT2D eigenvalue weighted by Crippen LogP contribution is -2.59. The second kappa shape index (κ2) is 7.49. The molecule has 1 aliphatic heterocycles. The molecule has 1 aliphatic carbocycles. The van der Waals surface area contributed by atoms with E-state index < -0.39 is 5.60 Å². The number of benzene rings is 1. The zero-order chi connectivity index (χ0) is 18.9. The lowest BCUT2D eigenvalue weighted by atomic mass is 9.65. The molecule has 2 heterocycles. The first-order valence-corrected chi connectivity index (χ1v) is 9.85. The average molecular weight is 367 g/mol. The van der Waals surface area contributed by atoms with Gasteiger partial charge in [0.1, 0.15) is 17.2 Å². The fourth-order valence-corrected chi connectivity index (χ4v) is 4.94. The van der Waals surface area contributed by atoms with Gasteiger partial charge in [0, 0.05) is 56.5 Å². The molecule has 1 N–H and O–H groups in total. The Hall–Kier alpha value is -2.11. The Balaban J connectivity index is 1.48. The van der Waals surface area contributed by atoms with E-state index in [2.05, 4.69) is 28.1 Å². The van der Waals surface area contributed by atoms with Gasteiger partial charge in [0.2, 0.25) is 0 Å². The molecule has 0 radical (unpaired) electrons. The van der Waals surface area contributed by atoms with Crippen LogP contribution in [0.25, 0.3) is 6.08 Å². The van der Waals surface area contributed by atoms with Crippen molar-refractivity contribution in [1.29, 1.82) is 0 Å². The lowest BCUT2D eigenvalue weighted by Gasteiger charge is -2.52. The molecule has 1 aromatic heterocycles. The van der Waals surface area contributed by atoms with Gasteiger partial charge in [-0.25, -0.2) is 4.98 Å². The minimum absolute atomic E-state index is 0.241. The van der Waals surface area contributed by atoms with Gasteiger partial charge in [0.15, 0.2) is 0 Å². The quantitative estimate of drug-likeness (QED) is 0.882.